The summed E-state index contributed by atoms with van der Waals surface area (Å²) in [5.74, 6) is 0.492. The van der Waals surface area contributed by atoms with E-state index in [1.807, 2.05) is 6.92 Å². The summed E-state index contributed by atoms with van der Waals surface area (Å²) in [5.41, 5.74) is 1.04. The maximum absolute atomic E-state index is 13.3. The van der Waals surface area contributed by atoms with Crippen molar-refractivity contribution in [2.24, 2.45) is 0 Å². The Hall–Kier alpha value is -1.64. The summed E-state index contributed by atoms with van der Waals surface area (Å²) in [5, 5.41) is 3.80. The molecule has 0 saturated carbocycles. The third-order valence-electron chi connectivity index (χ3n) is 2.06. The highest BCUT2D eigenvalue weighted by atomic mass is 19.1. The Morgan fingerprint density at radius 3 is 2.79 bits per heavy atom. The highest BCUT2D eigenvalue weighted by molar-refractivity contribution is 5.59. The van der Waals surface area contributed by atoms with Crippen molar-refractivity contribution in [1.29, 1.82) is 0 Å². The zero-order valence-corrected chi connectivity index (χ0v) is 7.83. The molecule has 0 radical (unpaired) electrons. The van der Waals surface area contributed by atoms with E-state index >= 15 is 0 Å². The summed E-state index contributed by atoms with van der Waals surface area (Å²) < 4.78 is 18.3. The minimum absolute atomic E-state index is 0.275. The van der Waals surface area contributed by atoms with Crippen LogP contribution in [0.25, 0.3) is 11.3 Å². The first-order chi connectivity index (χ1) is 6.81. The van der Waals surface area contributed by atoms with Crippen molar-refractivity contribution in [3.8, 4) is 11.3 Å². The van der Waals surface area contributed by atoms with Crippen molar-refractivity contribution >= 4 is 0 Å². The molecule has 0 aliphatic rings. The molecule has 1 aromatic heterocycles. The summed E-state index contributed by atoms with van der Waals surface area (Å²) in [7, 11) is 0. The molecule has 72 valence electrons. The highest BCUT2D eigenvalue weighted by Gasteiger charge is 2.08. The molecule has 2 nitrogen and oxygen atoms in total. The Kier molecular flexibility index (Phi) is 2.31. The summed E-state index contributed by atoms with van der Waals surface area (Å²) in [4.78, 5) is 0. The second kappa shape index (κ2) is 3.62. The van der Waals surface area contributed by atoms with E-state index in [2.05, 4.69) is 5.16 Å². The monoisotopic (exact) mass is 191 g/mol. The molecule has 0 atom stereocenters. The van der Waals surface area contributed by atoms with E-state index in [9.17, 15) is 4.39 Å². The number of aromatic nitrogens is 1. The lowest BCUT2D eigenvalue weighted by molar-refractivity contribution is 0.388. The zero-order chi connectivity index (χ0) is 9.97. The summed E-state index contributed by atoms with van der Waals surface area (Å²) in [6, 6.07) is 8.29. The molecule has 0 saturated heterocycles. The Morgan fingerprint density at radius 1 is 1.36 bits per heavy atom. The van der Waals surface area contributed by atoms with Crippen molar-refractivity contribution in [3.05, 3.63) is 41.9 Å². The van der Waals surface area contributed by atoms with Crippen LogP contribution in [0.3, 0.4) is 0 Å². The lowest BCUT2D eigenvalue weighted by Gasteiger charge is -1.95. The van der Waals surface area contributed by atoms with Gasteiger partial charge in [-0.25, -0.2) is 4.39 Å². The van der Waals surface area contributed by atoms with Crippen LogP contribution >= 0.6 is 0 Å². The van der Waals surface area contributed by atoms with Crippen LogP contribution in [0.2, 0.25) is 0 Å². The Balaban J connectivity index is 2.44. The fourth-order valence-electron chi connectivity index (χ4n) is 1.28. The average molecular weight is 191 g/mol. The molecule has 2 rings (SSSR count). The number of hydrogen-bond acceptors (Lipinski definition) is 2. The Labute approximate surface area is 81.3 Å². The molecule has 1 aromatic carbocycles. The summed E-state index contributed by atoms with van der Waals surface area (Å²) >= 11 is 0. The predicted octanol–water partition coefficient (Wildman–Crippen LogP) is 3.04. The number of aryl methyl sites for hydroxylation is 1. The fourth-order valence-corrected chi connectivity index (χ4v) is 1.28. The SMILES string of the molecule is CCc1cc(-c2ccccc2F)no1. The van der Waals surface area contributed by atoms with Gasteiger partial charge in [0.15, 0.2) is 0 Å². The van der Waals surface area contributed by atoms with Gasteiger partial charge in [-0.05, 0) is 12.1 Å². The first-order valence-electron chi connectivity index (χ1n) is 4.51. The molecule has 3 heteroatoms. The van der Waals surface area contributed by atoms with E-state index in [-0.39, 0.29) is 5.82 Å². The second-order valence-electron chi connectivity index (χ2n) is 3.01. The number of halogens is 1. The van der Waals surface area contributed by atoms with Gasteiger partial charge < -0.3 is 4.52 Å². The number of rotatable bonds is 2. The average Bonchev–Trinajstić information content (AvgIpc) is 2.67. The molecule has 0 N–H and O–H groups in total. The van der Waals surface area contributed by atoms with Crippen molar-refractivity contribution in [3.63, 3.8) is 0 Å². The fraction of sp³-hybridized carbons (Fsp3) is 0.182. The molecule has 0 spiro atoms. The molecule has 14 heavy (non-hydrogen) atoms. The summed E-state index contributed by atoms with van der Waals surface area (Å²) in [6.45, 7) is 1.96. The molecule has 0 aliphatic carbocycles. The molecule has 1 heterocycles. The largest absolute Gasteiger partial charge is 0.361 e. The molecule has 0 unspecified atom stereocenters. The lowest BCUT2D eigenvalue weighted by atomic mass is 10.1. The van der Waals surface area contributed by atoms with Crippen molar-refractivity contribution < 1.29 is 8.91 Å². The molecule has 2 aromatic rings. The van der Waals surface area contributed by atoms with Gasteiger partial charge in [0.25, 0.3) is 0 Å². The lowest BCUT2D eigenvalue weighted by Crippen LogP contribution is -1.82. The first kappa shape index (κ1) is 8.94. The van der Waals surface area contributed by atoms with Gasteiger partial charge >= 0.3 is 0 Å². The summed E-state index contributed by atoms with van der Waals surface area (Å²) in [6.07, 6.45) is 0.765. The van der Waals surface area contributed by atoms with Crippen LogP contribution < -0.4 is 0 Å². The van der Waals surface area contributed by atoms with E-state index in [0.29, 0.717) is 11.3 Å². The van der Waals surface area contributed by atoms with Crippen molar-refractivity contribution in [1.82, 2.24) is 5.16 Å². The van der Waals surface area contributed by atoms with Gasteiger partial charge in [-0.2, -0.15) is 0 Å². The second-order valence-corrected chi connectivity index (χ2v) is 3.01. The number of benzene rings is 1. The van der Waals surface area contributed by atoms with Crippen LogP contribution in [0.5, 0.6) is 0 Å². The van der Waals surface area contributed by atoms with Crippen molar-refractivity contribution in [2.45, 2.75) is 13.3 Å². The molecule has 0 fully saturated rings. The van der Waals surface area contributed by atoms with Gasteiger partial charge in [0, 0.05) is 18.1 Å². The van der Waals surface area contributed by atoms with Gasteiger partial charge in [-0.1, -0.05) is 24.2 Å². The van der Waals surface area contributed by atoms with Gasteiger partial charge in [-0.15, -0.1) is 0 Å². The smallest absolute Gasteiger partial charge is 0.137 e. The molecule has 0 aliphatic heterocycles. The first-order valence-corrected chi connectivity index (χ1v) is 4.51. The highest BCUT2D eigenvalue weighted by Crippen LogP contribution is 2.21. The van der Waals surface area contributed by atoms with E-state index in [0.717, 1.165) is 12.2 Å². The van der Waals surface area contributed by atoms with Crippen LogP contribution in [0.1, 0.15) is 12.7 Å². The molecule has 0 amide bonds. The zero-order valence-electron chi connectivity index (χ0n) is 7.83. The molecular formula is C11H10FNO. The standard InChI is InChI=1S/C11H10FNO/c1-2-8-7-11(13-14-8)9-5-3-4-6-10(9)12/h3-7H,2H2,1H3. The topological polar surface area (TPSA) is 26.0 Å². The third kappa shape index (κ3) is 1.53. The van der Waals surface area contributed by atoms with E-state index in [1.165, 1.54) is 6.07 Å². The van der Waals surface area contributed by atoms with Crippen LogP contribution in [0.15, 0.2) is 34.9 Å². The van der Waals surface area contributed by atoms with Crippen LogP contribution in [0, 0.1) is 5.82 Å². The normalized spacial score (nSPS) is 10.4. The third-order valence-corrected chi connectivity index (χ3v) is 2.06. The van der Waals surface area contributed by atoms with Gasteiger partial charge in [0.05, 0.1) is 0 Å². The maximum Gasteiger partial charge on any atom is 0.137 e. The minimum Gasteiger partial charge on any atom is -0.361 e. The van der Waals surface area contributed by atoms with Crippen LogP contribution in [-0.4, -0.2) is 5.16 Å². The van der Waals surface area contributed by atoms with E-state index in [1.54, 1.807) is 24.3 Å². The quantitative estimate of drug-likeness (QED) is 0.729. The molecule has 0 bridgehead atoms. The Morgan fingerprint density at radius 2 is 2.14 bits per heavy atom. The van der Waals surface area contributed by atoms with Gasteiger partial charge in [0.1, 0.15) is 17.3 Å². The van der Waals surface area contributed by atoms with Crippen LogP contribution in [0.4, 0.5) is 4.39 Å². The minimum atomic E-state index is -0.275. The van der Waals surface area contributed by atoms with E-state index < -0.39 is 0 Å². The van der Waals surface area contributed by atoms with E-state index in [4.69, 9.17) is 4.52 Å². The van der Waals surface area contributed by atoms with Crippen molar-refractivity contribution in [2.75, 3.05) is 0 Å². The molecular weight excluding hydrogens is 181 g/mol. The van der Waals surface area contributed by atoms with Gasteiger partial charge in [-0.3, -0.25) is 0 Å². The predicted molar refractivity (Wildman–Crippen MR) is 51.3 cm³/mol. The Bertz CT molecular complexity index is 436. The number of hydrogen-bond donors (Lipinski definition) is 0. The van der Waals surface area contributed by atoms with Gasteiger partial charge in [0.2, 0.25) is 0 Å². The maximum atomic E-state index is 13.3. The number of nitrogens with zero attached hydrogens (tertiary/aromatic N) is 1. The van der Waals surface area contributed by atoms with Crippen LogP contribution in [-0.2, 0) is 6.42 Å².